The van der Waals surface area contributed by atoms with Crippen LogP contribution in [0.15, 0.2) is 16.5 Å². The number of fused-ring (bicyclic) bond motifs is 1. The molecule has 1 saturated carbocycles. The van der Waals surface area contributed by atoms with Crippen LogP contribution in [0.1, 0.15) is 68.9 Å². The van der Waals surface area contributed by atoms with E-state index in [-0.39, 0.29) is 5.41 Å². The fourth-order valence-electron chi connectivity index (χ4n) is 3.16. The van der Waals surface area contributed by atoms with Gasteiger partial charge in [-0.1, -0.05) is 33.8 Å². The van der Waals surface area contributed by atoms with Crippen molar-refractivity contribution in [3.05, 3.63) is 34.6 Å². The number of hydrogen-bond acceptors (Lipinski definition) is 2. The van der Waals surface area contributed by atoms with Crippen LogP contribution in [0.3, 0.4) is 0 Å². The van der Waals surface area contributed by atoms with Crippen LogP contribution in [-0.4, -0.2) is 6.54 Å². The Morgan fingerprint density at radius 2 is 1.95 bits per heavy atom. The summed E-state index contributed by atoms with van der Waals surface area (Å²) in [6.45, 7) is 13.0. The van der Waals surface area contributed by atoms with Crippen LogP contribution < -0.4 is 5.32 Å². The summed E-state index contributed by atoms with van der Waals surface area (Å²) in [7, 11) is 0. The number of nitrogens with one attached hydrogen (secondary N) is 1. The fourth-order valence-corrected chi connectivity index (χ4v) is 3.16. The summed E-state index contributed by atoms with van der Waals surface area (Å²) in [4.78, 5) is 0. The average molecular weight is 285 g/mol. The van der Waals surface area contributed by atoms with Gasteiger partial charge in [-0.15, -0.1) is 0 Å². The van der Waals surface area contributed by atoms with Crippen molar-refractivity contribution in [1.29, 1.82) is 0 Å². The Balaban J connectivity index is 2.22. The largest absolute Gasteiger partial charge is 0.459 e. The first kappa shape index (κ1) is 14.6. The van der Waals surface area contributed by atoms with E-state index in [2.05, 4.69) is 52.1 Å². The van der Waals surface area contributed by atoms with Crippen LogP contribution in [0.5, 0.6) is 0 Å². The van der Waals surface area contributed by atoms with E-state index in [0.29, 0.717) is 0 Å². The lowest BCUT2D eigenvalue weighted by Crippen LogP contribution is -2.12. The first-order valence-corrected chi connectivity index (χ1v) is 8.19. The highest BCUT2D eigenvalue weighted by molar-refractivity contribution is 5.87. The maximum atomic E-state index is 6.35. The molecule has 0 saturated heterocycles. The first-order chi connectivity index (χ1) is 9.91. The Labute approximate surface area is 127 Å². The van der Waals surface area contributed by atoms with E-state index in [4.69, 9.17) is 4.42 Å². The van der Waals surface area contributed by atoms with Gasteiger partial charge in [0, 0.05) is 16.5 Å². The lowest BCUT2D eigenvalue weighted by atomic mass is 9.84. The van der Waals surface area contributed by atoms with E-state index in [0.717, 1.165) is 30.4 Å². The zero-order chi connectivity index (χ0) is 15.2. The normalized spacial score (nSPS) is 15.9. The topological polar surface area (TPSA) is 25.2 Å². The fraction of sp³-hybridized carbons (Fsp3) is 0.579. The molecule has 0 unspecified atom stereocenters. The molecule has 1 aliphatic carbocycles. The third-order valence-corrected chi connectivity index (χ3v) is 4.38. The molecule has 0 radical (unpaired) electrons. The molecular formula is C19H27NO. The minimum absolute atomic E-state index is 0.110. The molecule has 0 spiro atoms. The zero-order valence-corrected chi connectivity index (χ0v) is 14.0. The van der Waals surface area contributed by atoms with Gasteiger partial charge >= 0.3 is 0 Å². The predicted molar refractivity (Wildman–Crippen MR) is 89.0 cm³/mol. The van der Waals surface area contributed by atoms with Crippen molar-refractivity contribution in [2.75, 3.05) is 6.54 Å². The molecule has 0 atom stereocenters. The van der Waals surface area contributed by atoms with E-state index in [9.17, 15) is 0 Å². The summed E-state index contributed by atoms with van der Waals surface area (Å²) in [6.07, 6.45) is 2.62. The minimum atomic E-state index is 0.110. The van der Waals surface area contributed by atoms with Gasteiger partial charge in [0.15, 0.2) is 0 Å². The van der Waals surface area contributed by atoms with Gasteiger partial charge in [-0.05, 0) is 49.3 Å². The molecule has 1 aliphatic rings. The van der Waals surface area contributed by atoms with E-state index in [1.54, 1.807) is 0 Å². The third-order valence-electron chi connectivity index (χ3n) is 4.38. The van der Waals surface area contributed by atoms with Crippen molar-refractivity contribution < 1.29 is 4.42 Å². The van der Waals surface area contributed by atoms with Crippen LogP contribution in [0.25, 0.3) is 11.0 Å². The summed E-state index contributed by atoms with van der Waals surface area (Å²) < 4.78 is 6.35. The summed E-state index contributed by atoms with van der Waals surface area (Å²) >= 11 is 0. The number of hydrogen-bond donors (Lipinski definition) is 1. The summed E-state index contributed by atoms with van der Waals surface area (Å²) in [5.74, 6) is 1.87. The van der Waals surface area contributed by atoms with Gasteiger partial charge in [0.1, 0.15) is 11.3 Å². The Kier molecular flexibility index (Phi) is 3.61. The van der Waals surface area contributed by atoms with Gasteiger partial charge in [-0.2, -0.15) is 0 Å². The highest BCUT2D eigenvalue weighted by Gasteiger charge is 2.32. The molecule has 2 heteroatoms. The number of benzene rings is 1. The molecule has 2 nitrogen and oxygen atoms in total. The van der Waals surface area contributed by atoms with Crippen LogP contribution in [0, 0.1) is 6.92 Å². The molecule has 0 aliphatic heterocycles. The van der Waals surface area contributed by atoms with E-state index < -0.39 is 0 Å². The van der Waals surface area contributed by atoms with Gasteiger partial charge in [-0.3, -0.25) is 0 Å². The van der Waals surface area contributed by atoms with Gasteiger partial charge < -0.3 is 9.73 Å². The minimum Gasteiger partial charge on any atom is -0.459 e. The summed E-state index contributed by atoms with van der Waals surface area (Å²) in [6, 6.07) is 4.61. The van der Waals surface area contributed by atoms with Gasteiger partial charge in [0.25, 0.3) is 0 Å². The van der Waals surface area contributed by atoms with Gasteiger partial charge in [0.05, 0.1) is 6.54 Å². The van der Waals surface area contributed by atoms with Crippen molar-refractivity contribution in [2.45, 2.75) is 65.3 Å². The molecule has 1 heterocycles. The molecule has 1 N–H and O–H groups in total. The molecule has 1 aromatic heterocycles. The van der Waals surface area contributed by atoms with Crippen molar-refractivity contribution >= 4 is 11.0 Å². The van der Waals surface area contributed by atoms with Crippen LogP contribution in [-0.2, 0) is 12.0 Å². The molecule has 114 valence electrons. The summed E-state index contributed by atoms with van der Waals surface area (Å²) in [5, 5.41) is 4.78. The predicted octanol–water partition coefficient (Wildman–Crippen LogP) is 5.03. The van der Waals surface area contributed by atoms with Gasteiger partial charge in [-0.25, -0.2) is 0 Å². The van der Waals surface area contributed by atoms with Crippen LogP contribution in [0.2, 0.25) is 0 Å². The summed E-state index contributed by atoms with van der Waals surface area (Å²) in [5.41, 5.74) is 5.37. The average Bonchev–Trinajstić information content (AvgIpc) is 3.16. The molecule has 1 fully saturated rings. The van der Waals surface area contributed by atoms with Crippen LogP contribution in [0.4, 0.5) is 0 Å². The monoisotopic (exact) mass is 285 g/mol. The molecule has 2 aromatic rings. The quantitative estimate of drug-likeness (QED) is 0.852. The molecule has 0 amide bonds. The third kappa shape index (κ3) is 2.74. The Morgan fingerprint density at radius 1 is 1.24 bits per heavy atom. The lowest BCUT2D eigenvalue weighted by Gasteiger charge is -2.20. The smallest absolute Gasteiger partial charge is 0.138 e. The highest BCUT2D eigenvalue weighted by Crippen LogP contribution is 2.47. The standard InChI is InChI=1S/C19H27NO/c1-6-20-11-16-17(13-7-8-13)14-9-12(2)10-15(18(14)21-16)19(3,4)5/h9-10,13,20H,6-8,11H2,1-5H3. The second-order valence-corrected chi connectivity index (χ2v) is 7.43. The number of furan rings is 1. The highest BCUT2D eigenvalue weighted by atomic mass is 16.3. The number of aryl methyl sites for hydroxylation is 1. The van der Waals surface area contributed by atoms with E-state index in [1.165, 1.54) is 34.9 Å². The van der Waals surface area contributed by atoms with Gasteiger partial charge in [0.2, 0.25) is 0 Å². The Bertz CT molecular complexity index is 656. The van der Waals surface area contributed by atoms with Crippen molar-refractivity contribution in [3.8, 4) is 0 Å². The second-order valence-electron chi connectivity index (χ2n) is 7.43. The lowest BCUT2D eigenvalue weighted by molar-refractivity contribution is 0.500. The number of rotatable bonds is 4. The Morgan fingerprint density at radius 3 is 2.52 bits per heavy atom. The Hall–Kier alpha value is -1.28. The maximum absolute atomic E-state index is 6.35. The SMILES string of the molecule is CCNCc1oc2c(C(C)(C)C)cc(C)cc2c1C1CC1. The van der Waals surface area contributed by atoms with E-state index in [1.807, 2.05) is 0 Å². The first-order valence-electron chi connectivity index (χ1n) is 8.19. The molecule has 3 rings (SSSR count). The van der Waals surface area contributed by atoms with Crippen molar-refractivity contribution in [3.63, 3.8) is 0 Å². The maximum Gasteiger partial charge on any atom is 0.138 e. The second kappa shape index (κ2) is 5.17. The molecule has 0 bridgehead atoms. The molecule has 1 aromatic carbocycles. The van der Waals surface area contributed by atoms with Crippen molar-refractivity contribution in [1.82, 2.24) is 5.32 Å². The molecule has 21 heavy (non-hydrogen) atoms. The molecular weight excluding hydrogens is 258 g/mol. The van der Waals surface area contributed by atoms with Crippen LogP contribution >= 0.6 is 0 Å². The van der Waals surface area contributed by atoms with E-state index >= 15 is 0 Å². The van der Waals surface area contributed by atoms with Crippen molar-refractivity contribution in [2.24, 2.45) is 0 Å². The zero-order valence-electron chi connectivity index (χ0n) is 14.0.